The first-order chi connectivity index (χ1) is 11.5. The van der Waals surface area contributed by atoms with Crippen molar-refractivity contribution in [3.8, 4) is 11.1 Å². The van der Waals surface area contributed by atoms with Gasteiger partial charge in [-0.15, -0.1) is 0 Å². The van der Waals surface area contributed by atoms with E-state index in [0.29, 0.717) is 17.9 Å². The summed E-state index contributed by atoms with van der Waals surface area (Å²) in [4.78, 5) is 0. The first-order valence-corrected chi connectivity index (χ1v) is 8.77. The van der Waals surface area contributed by atoms with Gasteiger partial charge >= 0.3 is 0 Å². The van der Waals surface area contributed by atoms with Gasteiger partial charge in [-0.1, -0.05) is 44.7 Å². The highest BCUT2D eigenvalue weighted by molar-refractivity contribution is 5.65. The van der Waals surface area contributed by atoms with E-state index in [4.69, 9.17) is 0 Å². The molecule has 0 bridgehead atoms. The van der Waals surface area contributed by atoms with E-state index in [2.05, 4.69) is 6.92 Å². The third-order valence-corrected chi connectivity index (χ3v) is 5.19. The van der Waals surface area contributed by atoms with Gasteiger partial charge in [0.1, 0.15) is 17.5 Å². The molecule has 0 amide bonds. The minimum atomic E-state index is -0.618. The molecule has 24 heavy (non-hydrogen) atoms. The molecule has 3 rings (SSSR count). The summed E-state index contributed by atoms with van der Waals surface area (Å²) in [5.41, 5.74) is 0.770. The molecule has 0 N–H and O–H groups in total. The summed E-state index contributed by atoms with van der Waals surface area (Å²) in [7, 11) is 0. The molecule has 0 saturated heterocycles. The summed E-state index contributed by atoms with van der Waals surface area (Å²) < 4.78 is 42.1. The molecule has 2 aromatic rings. The van der Waals surface area contributed by atoms with E-state index in [-0.39, 0.29) is 11.1 Å². The average Bonchev–Trinajstić information content (AvgIpc) is 2.54. The Kier molecular flexibility index (Phi) is 5.27. The highest BCUT2D eigenvalue weighted by atomic mass is 19.1. The van der Waals surface area contributed by atoms with Crippen LogP contribution in [0.2, 0.25) is 0 Å². The third kappa shape index (κ3) is 4.00. The second-order valence-corrected chi connectivity index (χ2v) is 7.11. The van der Waals surface area contributed by atoms with Crippen molar-refractivity contribution in [2.24, 2.45) is 11.8 Å². The van der Waals surface area contributed by atoms with Crippen LogP contribution >= 0.6 is 0 Å². The smallest absolute Gasteiger partial charge is 0.134 e. The molecule has 1 aliphatic rings. The quantitative estimate of drug-likeness (QED) is 0.597. The van der Waals surface area contributed by atoms with Crippen LogP contribution in [-0.2, 0) is 6.42 Å². The van der Waals surface area contributed by atoms with Crippen LogP contribution in [0.15, 0.2) is 36.4 Å². The monoisotopic (exact) mass is 332 g/mol. The SMILES string of the molecule is CC1CCC(CCc2cc(F)c(-c3cccc(F)c3)c(F)c2)CC1. The van der Waals surface area contributed by atoms with Crippen molar-refractivity contribution in [2.45, 2.75) is 45.4 Å². The first kappa shape index (κ1) is 17.1. The highest BCUT2D eigenvalue weighted by Crippen LogP contribution is 2.32. The Hall–Kier alpha value is -1.77. The maximum absolute atomic E-state index is 14.4. The summed E-state index contributed by atoms with van der Waals surface area (Å²) in [5.74, 6) is -0.264. The number of benzene rings is 2. The Bertz CT molecular complexity index is 677. The topological polar surface area (TPSA) is 0 Å². The standard InChI is InChI=1S/C21H23F3/c1-14-5-7-15(8-6-14)9-10-16-11-19(23)21(20(24)12-16)17-3-2-4-18(22)13-17/h2-4,11-15H,5-10H2,1H3. The Morgan fingerprint density at radius 3 is 2.21 bits per heavy atom. The molecule has 3 heteroatoms. The maximum Gasteiger partial charge on any atom is 0.134 e. The first-order valence-electron chi connectivity index (χ1n) is 8.77. The van der Waals surface area contributed by atoms with Crippen molar-refractivity contribution in [1.82, 2.24) is 0 Å². The largest absolute Gasteiger partial charge is 0.207 e. The normalized spacial score (nSPS) is 21.0. The van der Waals surface area contributed by atoms with Crippen molar-refractivity contribution in [3.05, 3.63) is 59.4 Å². The Labute approximate surface area is 141 Å². The van der Waals surface area contributed by atoms with Crippen LogP contribution in [-0.4, -0.2) is 0 Å². The lowest BCUT2D eigenvalue weighted by atomic mass is 9.80. The molecule has 0 radical (unpaired) electrons. The van der Waals surface area contributed by atoms with Gasteiger partial charge in [0.15, 0.2) is 0 Å². The molecule has 0 nitrogen and oxygen atoms in total. The van der Waals surface area contributed by atoms with E-state index in [1.54, 1.807) is 0 Å². The number of rotatable bonds is 4. The number of hydrogen-bond acceptors (Lipinski definition) is 0. The number of aryl methyl sites for hydroxylation is 1. The minimum Gasteiger partial charge on any atom is -0.207 e. The lowest BCUT2D eigenvalue weighted by Crippen LogP contribution is -2.13. The van der Waals surface area contributed by atoms with E-state index in [1.807, 2.05) is 0 Å². The fourth-order valence-electron chi connectivity index (χ4n) is 3.68. The zero-order valence-corrected chi connectivity index (χ0v) is 14.0. The fraction of sp³-hybridized carbons (Fsp3) is 0.429. The molecule has 0 heterocycles. The predicted octanol–water partition coefficient (Wildman–Crippen LogP) is 6.53. The lowest BCUT2D eigenvalue weighted by Gasteiger charge is -2.26. The van der Waals surface area contributed by atoms with Gasteiger partial charge in [0, 0.05) is 0 Å². The van der Waals surface area contributed by atoms with Gasteiger partial charge < -0.3 is 0 Å². The second-order valence-electron chi connectivity index (χ2n) is 7.11. The van der Waals surface area contributed by atoms with Gasteiger partial charge in [0.05, 0.1) is 5.56 Å². The Balaban J connectivity index is 1.73. The van der Waals surface area contributed by atoms with E-state index < -0.39 is 17.5 Å². The van der Waals surface area contributed by atoms with Gasteiger partial charge in [-0.05, 0) is 60.1 Å². The zero-order chi connectivity index (χ0) is 17.1. The van der Waals surface area contributed by atoms with Crippen molar-refractivity contribution in [1.29, 1.82) is 0 Å². The molecule has 0 aromatic heterocycles. The predicted molar refractivity (Wildman–Crippen MR) is 91.2 cm³/mol. The summed E-state index contributed by atoms with van der Waals surface area (Å²) in [5, 5.41) is 0. The third-order valence-electron chi connectivity index (χ3n) is 5.19. The van der Waals surface area contributed by atoms with Gasteiger partial charge in [0.2, 0.25) is 0 Å². The van der Waals surface area contributed by atoms with Crippen LogP contribution < -0.4 is 0 Å². The van der Waals surface area contributed by atoms with E-state index in [9.17, 15) is 13.2 Å². The zero-order valence-electron chi connectivity index (χ0n) is 14.0. The Morgan fingerprint density at radius 1 is 0.917 bits per heavy atom. The molecule has 0 spiro atoms. The van der Waals surface area contributed by atoms with Crippen molar-refractivity contribution < 1.29 is 13.2 Å². The summed E-state index contributed by atoms with van der Waals surface area (Å²) in [6.45, 7) is 2.28. The maximum atomic E-state index is 14.4. The number of hydrogen-bond donors (Lipinski definition) is 0. The van der Waals surface area contributed by atoms with E-state index in [0.717, 1.165) is 18.4 Å². The second kappa shape index (κ2) is 7.42. The van der Waals surface area contributed by atoms with Crippen molar-refractivity contribution in [3.63, 3.8) is 0 Å². The van der Waals surface area contributed by atoms with Gasteiger partial charge in [0.25, 0.3) is 0 Å². The van der Waals surface area contributed by atoms with Gasteiger partial charge in [-0.3, -0.25) is 0 Å². The van der Waals surface area contributed by atoms with Gasteiger partial charge in [-0.2, -0.15) is 0 Å². The van der Waals surface area contributed by atoms with Crippen LogP contribution in [0.3, 0.4) is 0 Å². The van der Waals surface area contributed by atoms with Crippen molar-refractivity contribution in [2.75, 3.05) is 0 Å². The lowest BCUT2D eigenvalue weighted by molar-refractivity contribution is 0.277. The van der Waals surface area contributed by atoms with Crippen LogP contribution in [0.1, 0.15) is 44.6 Å². The summed E-state index contributed by atoms with van der Waals surface area (Å²) in [6, 6.07) is 8.20. The molecule has 1 saturated carbocycles. The number of halogens is 3. The highest BCUT2D eigenvalue weighted by Gasteiger charge is 2.19. The van der Waals surface area contributed by atoms with Crippen LogP contribution in [0.25, 0.3) is 11.1 Å². The van der Waals surface area contributed by atoms with E-state index in [1.165, 1.54) is 56.0 Å². The fourth-order valence-corrected chi connectivity index (χ4v) is 3.68. The van der Waals surface area contributed by atoms with Gasteiger partial charge in [-0.25, -0.2) is 13.2 Å². The average molecular weight is 332 g/mol. The molecule has 1 fully saturated rings. The molecule has 0 atom stereocenters. The molecule has 2 aromatic carbocycles. The molecular weight excluding hydrogens is 309 g/mol. The van der Waals surface area contributed by atoms with Crippen LogP contribution in [0, 0.1) is 29.3 Å². The molecular formula is C21H23F3. The summed E-state index contributed by atoms with van der Waals surface area (Å²) >= 11 is 0. The summed E-state index contributed by atoms with van der Waals surface area (Å²) in [6.07, 6.45) is 6.61. The van der Waals surface area contributed by atoms with Crippen LogP contribution in [0.4, 0.5) is 13.2 Å². The molecule has 0 aliphatic heterocycles. The Morgan fingerprint density at radius 2 is 1.58 bits per heavy atom. The van der Waals surface area contributed by atoms with Crippen LogP contribution in [0.5, 0.6) is 0 Å². The molecule has 1 aliphatic carbocycles. The van der Waals surface area contributed by atoms with Crippen molar-refractivity contribution >= 4 is 0 Å². The molecule has 0 unspecified atom stereocenters. The molecule has 128 valence electrons. The minimum absolute atomic E-state index is 0.148. The van der Waals surface area contributed by atoms with E-state index >= 15 is 0 Å².